The molecule has 3 heterocycles. The lowest BCUT2D eigenvalue weighted by atomic mass is 9.93. The van der Waals surface area contributed by atoms with Crippen LogP contribution in [0.5, 0.6) is 0 Å². The number of imidazole rings is 1. The largest absolute Gasteiger partial charge is 0.363 e. The summed E-state index contributed by atoms with van der Waals surface area (Å²) in [6.45, 7) is 5.48. The fourth-order valence-corrected chi connectivity index (χ4v) is 3.10. The van der Waals surface area contributed by atoms with Gasteiger partial charge in [0, 0.05) is 51.3 Å². The molecule has 1 saturated heterocycles. The normalized spacial score (nSPS) is 20.4. The molecule has 0 radical (unpaired) electrons. The number of nitrogens with zero attached hydrogens (tertiary/aromatic N) is 6. The predicted molar refractivity (Wildman–Crippen MR) is 96.7 cm³/mol. The topological polar surface area (TPSA) is 79.2 Å². The van der Waals surface area contributed by atoms with Crippen molar-refractivity contribution < 1.29 is 4.79 Å². The number of hydrogen-bond donors (Lipinski definition) is 1. The van der Waals surface area contributed by atoms with Crippen LogP contribution < -0.4 is 10.2 Å². The molecule has 25 heavy (non-hydrogen) atoms. The van der Waals surface area contributed by atoms with Crippen LogP contribution >= 0.6 is 0 Å². The number of likely N-dealkylation sites (tertiary alicyclic amines) is 1. The molecule has 2 aromatic rings. The number of urea groups is 1. The van der Waals surface area contributed by atoms with E-state index in [-0.39, 0.29) is 12.1 Å². The van der Waals surface area contributed by atoms with Crippen LogP contribution in [0.4, 0.5) is 16.6 Å². The molecule has 134 valence electrons. The molecule has 1 aliphatic rings. The average Bonchev–Trinajstić information content (AvgIpc) is 3.08. The molecule has 2 aromatic heterocycles. The first-order valence-corrected chi connectivity index (χ1v) is 8.50. The molecule has 0 saturated carbocycles. The maximum Gasteiger partial charge on any atom is 0.324 e. The Morgan fingerprint density at radius 3 is 2.84 bits per heavy atom. The highest BCUT2D eigenvalue weighted by Crippen LogP contribution is 2.27. The minimum Gasteiger partial charge on any atom is -0.363 e. The molecule has 2 atom stereocenters. The van der Waals surface area contributed by atoms with Crippen molar-refractivity contribution in [2.24, 2.45) is 5.92 Å². The summed E-state index contributed by atoms with van der Waals surface area (Å²) < 4.78 is 2.08. The maximum atomic E-state index is 12.7. The van der Waals surface area contributed by atoms with Crippen molar-refractivity contribution in [2.75, 3.05) is 37.4 Å². The first-order chi connectivity index (χ1) is 11.9. The van der Waals surface area contributed by atoms with Crippen LogP contribution in [0.2, 0.25) is 0 Å². The fraction of sp³-hybridized carbons (Fsp3) is 0.529. The van der Waals surface area contributed by atoms with Crippen molar-refractivity contribution >= 4 is 17.8 Å². The van der Waals surface area contributed by atoms with Gasteiger partial charge in [-0.2, -0.15) is 4.98 Å². The number of rotatable bonds is 3. The smallest absolute Gasteiger partial charge is 0.324 e. The van der Waals surface area contributed by atoms with E-state index in [1.807, 2.05) is 49.4 Å². The van der Waals surface area contributed by atoms with Crippen LogP contribution in [0.25, 0.3) is 0 Å². The Kier molecular flexibility index (Phi) is 4.87. The lowest BCUT2D eigenvalue weighted by Gasteiger charge is -2.37. The zero-order chi connectivity index (χ0) is 18.0. The zero-order valence-corrected chi connectivity index (χ0v) is 15.2. The van der Waals surface area contributed by atoms with E-state index in [0.717, 1.165) is 24.5 Å². The third-order valence-corrected chi connectivity index (χ3v) is 4.63. The summed E-state index contributed by atoms with van der Waals surface area (Å²) in [5.74, 6) is 1.60. The summed E-state index contributed by atoms with van der Waals surface area (Å²) in [4.78, 5) is 29.2. The number of aromatic nitrogens is 4. The van der Waals surface area contributed by atoms with Crippen LogP contribution in [0.1, 0.15) is 25.1 Å². The van der Waals surface area contributed by atoms with Gasteiger partial charge in [0.25, 0.3) is 0 Å². The summed E-state index contributed by atoms with van der Waals surface area (Å²) in [6, 6.07) is 1.96. The van der Waals surface area contributed by atoms with Gasteiger partial charge in [-0.1, -0.05) is 6.92 Å². The van der Waals surface area contributed by atoms with Crippen LogP contribution in [0.3, 0.4) is 0 Å². The molecule has 3 rings (SSSR count). The number of amides is 2. The SMILES string of the molecule is Cc1cc(N(C)C)nc(NC(=O)N2CC[C@@H](C)[C@H](n3ccnc3)C2)n1. The van der Waals surface area contributed by atoms with Gasteiger partial charge < -0.3 is 14.4 Å². The minimum absolute atomic E-state index is 0.160. The van der Waals surface area contributed by atoms with Gasteiger partial charge in [-0.25, -0.2) is 14.8 Å². The van der Waals surface area contributed by atoms with E-state index in [2.05, 4.69) is 31.8 Å². The number of carbonyl (C=O) groups excluding carboxylic acids is 1. The van der Waals surface area contributed by atoms with E-state index in [1.165, 1.54) is 0 Å². The lowest BCUT2D eigenvalue weighted by molar-refractivity contribution is 0.149. The molecule has 8 nitrogen and oxygen atoms in total. The molecule has 0 bridgehead atoms. The van der Waals surface area contributed by atoms with Crippen LogP contribution in [0, 0.1) is 12.8 Å². The Hall–Kier alpha value is -2.64. The van der Waals surface area contributed by atoms with Gasteiger partial charge in [0.05, 0.1) is 12.4 Å². The third-order valence-electron chi connectivity index (χ3n) is 4.63. The Labute approximate surface area is 147 Å². The van der Waals surface area contributed by atoms with Crippen molar-refractivity contribution in [2.45, 2.75) is 26.3 Å². The molecule has 1 aliphatic heterocycles. The van der Waals surface area contributed by atoms with Crippen LogP contribution in [-0.4, -0.2) is 57.6 Å². The van der Waals surface area contributed by atoms with Gasteiger partial charge in [-0.3, -0.25) is 5.32 Å². The predicted octanol–water partition coefficient (Wildman–Crippen LogP) is 2.16. The van der Waals surface area contributed by atoms with Crippen LogP contribution in [0.15, 0.2) is 24.8 Å². The second-order valence-electron chi connectivity index (χ2n) is 6.80. The number of aryl methyl sites for hydroxylation is 1. The second kappa shape index (κ2) is 7.08. The average molecular weight is 343 g/mol. The van der Waals surface area contributed by atoms with Gasteiger partial charge in [-0.05, 0) is 19.3 Å². The summed E-state index contributed by atoms with van der Waals surface area (Å²) in [5.41, 5.74) is 0.817. The lowest BCUT2D eigenvalue weighted by Crippen LogP contribution is -2.45. The highest BCUT2D eigenvalue weighted by atomic mass is 16.2. The van der Waals surface area contributed by atoms with Crippen molar-refractivity contribution in [3.8, 4) is 0 Å². The number of carbonyl (C=O) groups is 1. The van der Waals surface area contributed by atoms with Crippen molar-refractivity contribution in [1.29, 1.82) is 0 Å². The molecule has 0 aliphatic carbocycles. The van der Waals surface area contributed by atoms with Gasteiger partial charge >= 0.3 is 6.03 Å². The second-order valence-corrected chi connectivity index (χ2v) is 6.80. The first kappa shape index (κ1) is 17.2. The number of piperidine rings is 1. The quantitative estimate of drug-likeness (QED) is 0.924. The highest BCUT2D eigenvalue weighted by molar-refractivity contribution is 5.87. The summed E-state index contributed by atoms with van der Waals surface area (Å²) in [5, 5.41) is 2.84. The molecule has 0 unspecified atom stereocenters. The summed E-state index contributed by atoms with van der Waals surface area (Å²) in [7, 11) is 3.82. The van der Waals surface area contributed by atoms with E-state index >= 15 is 0 Å². The Balaban J connectivity index is 1.71. The molecule has 2 amide bonds. The zero-order valence-electron chi connectivity index (χ0n) is 15.2. The summed E-state index contributed by atoms with van der Waals surface area (Å²) in [6.07, 6.45) is 6.49. The van der Waals surface area contributed by atoms with Crippen LogP contribution in [-0.2, 0) is 0 Å². The van der Waals surface area contributed by atoms with Gasteiger partial charge in [0.1, 0.15) is 5.82 Å². The maximum absolute atomic E-state index is 12.7. The Morgan fingerprint density at radius 2 is 2.16 bits per heavy atom. The molecule has 1 fully saturated rings. The molecule has 0 aromatic carbocycles. The minimum atomic E-state index is -0.160. The van der Waals surface area contributed by atoms with Gasteiger partial charge in [-0.15, -0.1) is 0 Å². The van der Waals surface area contributed by atoms with Gasteiger partial charge in [0.2, 0.25) is 5.95 Å². The third kappa shape index (κ3) is 3.89. The van der Waals surface area contributed by atoms with E-state index < -0.39 is 0 Å². The Morgan fingerprint density at radius 1 is 1.36 bits per heavy atom. The number of anilines is 2. The van der Waals surface area contributed by atoms with E-state index in [4.69, 9.17) is 0 Å². The molecule has 1 N–H and O–H groups in total. The van der Waals surface area contributed by atoms with E-state index in [0.29, 0.717) is 18.4 Å². The fourth-order valence-electron chi connectivity index (χ4n) is 3.10. The Bertz CT molecular complexity index is 729. The number of hydrogen-bond acceptors (Lipinski definition) is 5. The van der Waals surface area contributed by atoms with Gasteiger partial charge in [0.15, 0.2) is 0 Å². The van der Waals surface area contributed by atoms with E-state index in [1.54, 1.807) is 6.20 Å². The molecular weight excluding hydrogens is 318 g/mol. The molecule has 8 heteroatoms. The van der Waals surface area contributed by atoms with Crippen molar-refractivity contribution in [3.05, 3.63) is 30.5 Å². The number of nitrogens with one attached hydrogen (secondary N) is 1. The first-order valence-electron chi connectivity index (χ1n) is 8.50. The molecular formula is C17H25N7O. The molecule has 0 spiro atoms. The standard InChI is InChI=1S/C17H25N7O/c1-12-5-7-23(10-14(12)24-8-6-18-11-24)17(25)21-16-19-13(2)9-15(20-16)22(3)4/h6,8-9,11-12,14H,5,7,10H2,1-4H3,(H,19,20,21,25)/t12-,14-/m1/s1. The van der Waals surface area contributed by atoms with Crippen molar-refractivity contribution in [3.63, 3.8) is 0 Å². The van der Waals surface area contributed by atoms with E-state index in [9.17, 15) is 4.79 Å². The van der Waals surface area contributed by atoms with Crippen molar-refractivity contribution in [1.82, 2.24) is 24.4 Å². The monoisotopic (exact) mass is 343 g/mol. The highest BCUT2D eigenvalue weighted by Gasteiger charge is 2.30. The summed E-state index contributed by atoms with van der Waals surface area (Å²) >= 11 is 0.